The first-order valence-electron chi connectivity index (χ1n) is 5.33. The average Bonchev–Trinajstić information content (AvgIpc) is 2.30. The molecular weight excluding hydrogens is 190 g/mol. The summed E-state index contributed by atoms with van der Waals surface area (Å²) in [5.41, 5.74) is 0.651. The van der Waals surface area contributed by atoms with E-state index in [1.54, 1.807) is 17.0 Å². The highest BCUT2D eigenvalue weighted by Gasteiger charge is 2.25. The molecule has 0 saturated carbocycles. The Hall–Kier alpha value is -1.35. The molecule has 1 aliphatic heterocycles. The van der Waals surface area contributed by atoms with Gasteiger partial charge in [0.1, 0.15) is 6.23 Å². The molecule has 1 atom stereocenters. The second-order valence-electron chi connectivity index (χ2n) is 3.84. The molecule has 80 valence electrons. The van der Waals surface area contributed by atoms with E-state index in [1.165, 1.54) is 0 Å². The maximum atomic E-state index is 12.0. The largest absolute Gasteiger partial charge is 0.374 e. The Morgan fingerprint density at radius 2 is 2.00 bits per heavy atom. The Morgan fingerprint density at radius 3 is 2.67 bits per heavy atom. The highest BCUT2D eigenvalue weighted by Crippen LogP contribution is 2.17. The van der Waals surface area contributed by atoms with Crippen molar-refractivity contribution in [1.82, 2.24) is 4.90 Å². The number of hydrogen-bond acceptors (Lipinski definition) is 2. The van der Waals surface area contributed by atoms with Crippen molar-refractivity contribution in [2.75, 3.05) is 6.54 Å². The van der Waals surface area contributed by atoms with Crippen LogP contribution in [0.3, 0.4) is 0 Å². The van der Waals surface area contributed by atoms with Gasteiger partial charge in [0.25, 0.3) is 5.91 Å². The van der Waals surface area contributed by atoms with Gasteiger partial charge in [-0.1, -0.05) is 18.2 Å². The summed E-state index contributed by atoms with van der Waals surface area (Å²) in [5.74, 6) is -0.0669. The van der Waals surface area contributed by atoms with Crippen molar-refractivity contribution in [1.29, 1.82) is 0 Å². The topological polar surface area (TPSA) is 40.5 Å². The van der Waals surface area contributed by atoms with E-state index in [9.17, 15) is 9.90 Å². The predicted octanol–water partition coefficient (Wildman–Crippen LogP) is 1.63. The molecule has 1 aromatic rings. The van der Waals surface area contributed by atoms with Crippen LogP contribution in [0.2, 0.25) is 0 Å². The third kappa shape index (κ3) is 2.18. The lowest BCUT2D eigenvalue weighted by atomic mass is 10.1. The molecule has 1 amide bonds. The van der Waals surface area contributed by atoms with Gasteiger partial charge in [0.05, 0.1) is 0 Å². The molecule has 1 fully saturated rings. The molecule has 15 heavy (non-hydrogen) atoms. The zero-order valence-electron chi connectivity index (χ0n) is 8.60. The van der Waals surface area contributed by atoms with Crippen LogP contribution in [-0.2, 0) is 0 Å². The summed E-state index contributed by atoms with van der Waals surface area (Å²) < 4.78 is 0. The lowest BCUT2D eigenvalue weighted by molar-refractivity contribution is -0.0120. The normalized spacial score (nSPS) is 21.4. The van der Waals surface area contributed by atoms with Gasteiger partial charge in [-0.2, -0.15) is 0 Å². The molecule has 1 aliphatic rings. The number of benzene rings is 1. The molecule has 0 radical (unpaired) electrons. The van der Waals surface area contributed by atoms with Gasteiger partial charge in [0.2, 0.25) is 0 Å². The summed E-state index contributed by atoms with van der Waals surface area (Å²) in [6, 6.07) is 9.11. The third-order valence-corrected chi connectivity index (χ3v) is 2.75. The molecule has 1 N–H and O–H groups in total. The third-order valence-electron chi connectivity index (χ3n) is 2.75. The van der Waals surface area contributed by atoms with E-state index in [1.807, 2.05) is 18.2 Å². The second-order valence-corrected chi connectivity index (χ2v) is 3.84. The summed E-state index contributed by atoms with van der Waals surface area (Å²) in [7, 11) is 0. The number of carbonyl (C=O) groups is 1. The number of amides is 1. The number of carbonyl (C=O) groups excluding carboxylic acids is 1. The Labute approximate surface area is 89.3 Å². The Kier molecular flexibility index (Phi) is 3.02. The minimum absolute atomic E-state index is 0.0669. The lowest BCUT2D eigenvalue weighted by Crippen LogP contribution is -2.43. The quantitative estimate of drug-likeness (QED) is 0.757. The zero-order chi connectivity index (χ0) is 10.7. The number of piperidine rings is 1. The fraction of sp³-hybridized carbons (Fsp3) is 0.417. The van der Waals surface area contributed by atoms with Gasteiger partial charge in [-0.05, 0) is 31.4 Å². The molecule has 0 spiro atoms. The molecular formula is C12H15NO2. The maximum Gasteiger partial charge on any atom is 0.255 e. The van der Waals surface area contributed by atoms with Gasteiger partial charge in [-0.3, -0.25) is 4.79 Å². The summed E-state index contributed by atoms with van der Waals surface area (Å²) in [6.45, 7) is 0.662. The van der Waals surface area contributed by atoms with E-state index >= 15 is 0 Å². The Morgan fingerprint density at radius 1 is 1.27 bits per heavy atom. The van der Waals surface area contributed by atoms with E-state index in [0.29, 0.717) is 18.5 Å². The van der Waals surface area contributed by atoms with Crippen molar-refractivity contribution in [2.24, 2.45) is 0 Å². The SMILES string of the molecule is O=C(c1ccccc1)N1CCCCC1O. The average molecular weight is 205 g/mol. The zero-order valence-corrected chi connectivity index (χ0v) is 8.60. The van der Waals surface area contributed by atoms with Crippen LogP contribution in [0.25, 0.3) is 0 Å². The minimum atomic E-state index is -0.605. The van der Waals surface area contributed by atoms with Gasteiger partial charge in [0.15, 0.2) is 0 Å². The first-order valence-corrected chi connectivity index (χ1v) is 5.33. The van der Waals surface area contributed by atoms with Gasteiger partial charge < -0.3 is 10.0 Å². The fourth-order valence-corrected chi connectivity index (χ4v) is 1.90. The number of aliphatic hydroxyl groups excluding tert-OH is 1. The highest BCUT2D eigenvalue weighted by molar-refractivity contribution is 5.94. The minimum Gasteiger partial charge on any atom is -0.374 e. The van der Waals surface area contributed by atoms with Crippen molar-refractivity contribution >= 4 is 5.91 Å². The van der Waals surface area contributed by atoms with Crippen LogP contribution in [0.15, 0.2) is 30.3 Å². The predicted molar refractivity (Wildman–Crippen MR) is 57.3 cm³/mol. The van der Waals surface area contributed by atoms with E-state index < -0.39 is 6.23 Å². The van der Waals surface area contributed by atoms with Crippen molar-refractivity contribution in [3.8, 4) is 0 Å². The molecule has 3 heteroatoms. The smallest absolute Gasteiger partial charge is 0.255 e. The van der Waals surface area contributed by atoms with Gasteiger partial charge in [-0.15, -0.1) is 0 Å². The van der Waals surface area contributed by atoms with Crippen LogP contribution in [0.1, 0.15) is 29.6 Å². The van der Waals surface area contributed by atoms with E-state index in [4.69, 9.17) is 0 Å². The molecule has 0 bridgehead atoms. The van der Waals surface area contributed by atoms with Gasteiger partial charge in [0, 0.05) is 12.1 Å². The Balaban J connectivity index is 2.13. The first-order chi connectivity index (χ1) is 7.29. The van der Waals surface area contributed by atoms with Crippen LogP contribution in [0.4, 0.5) is 0 Å². The molecule has 0 aromatic heterocycles. The molecule has 1 aromatic carbocycles. The fourth-order valence-electron chi connectivity index (χ4n) is 1.90. The van der Waals surface area contributed by atoms with Crippen LogP contribution in [0.5, 0.6) is 0 Å². The molecule has 3 nitrogen and oxygen atoms in total. The van der Waals surface area contributed by atoms with Crippen LogP contribution in [-0.4, -0.2) is 28.7 Å². The van der Waals surface area contributed by atoms with Crippen LogP contribution in [0, 0.1) is 0 Å². The standard InChI is InChI=1S/C12H15NO2/c14-11-8-4-5-9-13(11)12(15)10-6-2-1-3-7-10/h1-3,6-7,11,14H,4-5,8-9H2. The van der Waals surface area contributed by atoms with Crippen LogP contribution >= 0.6 is 0 Å². The van der Waals surface area contributed by atoms with Crippen LogP contribution < -0.4 is 0 Å². The van der Waals surface area contributed by atoms with Crippen molar-refractivity contribution in [2.45, 2.75) is 25.5 Å². The lowest BCUT2D eigenvalue weighted by Gasteiger charge is -2.32. The number of nitrogens with zero attached hydrogens (tertiary/aromatic N) is 1. The molecule has 0 aliphatic carbocycles. The molecule has 1 heterocycles. The summed E-state index contributed by atoms with van der Waals surface area (Å²) in [6.07, 6.45) is 2.07. The number of aliphatic hydroxyl groups is 1. The monoisotopic (exact) mass is 205 g/mol. The summed E-state index contributed by atoms with van der Waals surface area (Å²) >= 11 is 0. The highest BCUT2D eigenvalue weighted by atomic mass is 16.3. The number of hydrogen-bond donors (Lipinski definition) is 1. The molecule has 2 rings (SSSR count). The van der Waals surface area contributed by atoms with Gasteiger partial charge in [-0.25, -0.2) is 0 Å². The Bertz CT molecular complexity index is 337. The van der Waals surface area contributed by atoms with Crippen molar-refractivity contribution < 1.29 is 9.90 Å². The molecule has 1 unspecified atom stereocenters. The first kappa shape index (κ1) is 10.2. The maximum absolute atomic E-state index is 12.0. The van der Waals surface area contributed by atoms with E-state index in [0.717, 1.165) is 12.8 Å². The summed E-state index contributed by atoms with van der Waals surface area (Å²) in [4.78, 5) is 13.5. The number of rotatable bonds is 1. The van der Waals surface area contributed by atoms with Crippen molar-refractivity contribution in [3.63, 3.8) is 0 Å². The summed E-state index contributed by atoms with van der Waals surface area (Å²) in [5, 5.41) is 9.71. The molecule has 1 saturated heterocycles. The van der Waals surface area contributed by atoms with Gasteiger partial charge >= 0.3 is 0 Å². The van der Waals surface area contributed by atoms with Crippen molar-refractivity contribution in [3.05, 3.63) is 35.9 Å². The van der Waals surface area contributed by atoms with E-state index in [-0.39, 0.29) is 5.91 Å². The number of likely N-dealkylation sites (tertiary alicyclic amines) is 1. The second kappa shape index (κ2) is 4.45. The van der Waals surface area contributed by atoms with E-state index in [2.05, 4.69) is 0 Å².